The van der Waals surface area contributed by atoms with E-state index >= 15 is 0 Å². The molecule has 1 rings (SSSR count). The fourth-order valence-corrected chi connectivity index (χ4v) is 5.12. The maximum Gasteiger partial charge on any atom is 0.500 e. The largest absolute Gasteiger partial charge is 0.500 e. The molecule has 0 unspecified atom stereocenters. The van der Waals surface area contributed by atoms with Crippen molar-refractivity contribution in [2.75, 3.05) is 35.0 Å². The molecule has 0 aliphatic carbocycles. The second kappa shape index (κ2) is 15.3. The van der Waals surface area contributed by atoms with Crippen molar-refractivity contribution in [3.63, 3.8) is 0 Å². The average molecular weight is 444 g/mol. The number of nitrogens with zero attached hydrogens (tertiary/aromatic N) is 1. The summed E-state index contributed by atoms with van der Waals surface area (Å²) in [5, 5.41) is 11.1. The van der Waals surface area contributed by atoms with Gasteiger partial charge in [0.2, 0.25) is 0 Å². The molecule has 0 amide bonds. The van der Waals surface area contributed by atoms with E-state index in [0.29, 0.717) is 17.9 Å². The molecule has 0 fully saturated rings. The summed E-state index contributed by atoms with van der Waals surface area (Å²) in [6, 6.07) is 5.57. The van der Waals surface area contributed by atoms with E-state index in [1.807, 2.05) is 0 Å². The van der Waals surface area contributed by atoms with Crippen molar-refractivity contribution in [1.82, 2.24) is 0 Å². The van der Waals surface area contributed by atoms with Crippen LogP contribution in [0.1, 0.15) is 56.9 Å². The zero-order valence-corrected chi connectivity index (χ0v) is 19.8. The topological polar surface area (TPSA) is 89.3 Å². The molecule has 1 aromatic carbocycles. The van der Waals surface area contributed by atoms with Gasteiger partial charge in [-0.1, -0.05) is 38.5 Å². The van der Waals surface area contributed by atoms with Crippen LogP contribution in [0.2, 0.25) is 6.04 Å². The lowest BCUT2D eigenvalue weighted by atomic mass is 10.1. The Morgan fingerprint density at radius 2 is 1.43 bits per heavy atom. The van der Waals surface area contributed by atoms with Crippen LogP contribution >= 0.6 is 0 Å². The first kappa shape index (κ1) is 26.5. The van der Waals surface area contributed by atoms with Gasteiger partial charge in [-0.25, -0.2) is 0 Å². The van der Waals surface area contributed by atoms with Crippen molar-refractivity contribution < 1.29 is 27.7 Å². The van der Waals surface area contributed by atoms with E-state index in [1.54, 1.807) is 40.6 Å². The average Bonchev–Trinajstić information content (AvgIpc) is 2.77. The number of hydrogen-bond acceptors (Lipinski definition) is 7. The summed E-state index contributed by atoms with van der Waals surface area (Å²) in [5.74, 6) is 0.596. The summed E-state index contributed by atoms with van der Waals surface area (Å²) in [6.07, 6.45) is 9.10. The summed E-state index contributed by atoms with van der Waals surface area (Å²) in [7, 11) is 4.09. The first-order chi connectivity index (χ1) is 14.5. The third-order valence-corrected chi connectivity index (χ3v) is 8.03. The lowest BCUT2D eigenvalue weighted by Gasteiger charge is -2.24. The third-order valence-electron chi connectivity index (χ3n) is 5.20. The van der Waals surface area contributed by atoms with Crippen molar-refractivity contribution in [2.45, 2.75) is 64.0 Å². The minimum Gasteiger partial charge on any atom is -0.497 e. The number of methoxy groups -OCH3 is 1. The van der Waals surface area contributed by atoms with Crippen LogP contribution in [0.15, 0.2) is 18.2 Å². The highest BCUT2D eigenvalue weighted by molar-refractivity contribution is 6.60. The molecule has 0 bridgehead atoms. The minimum absolute atomic E-state index is 0.0669. The van der Waals surface area contributed by atoms with Crippen molar-refractivity contribution >= 4 is 14.5 Å². The normalized spacial score (nSPS) is 11.6. The minimum atomic E-state index is -2.41. The van der Waals surface area contributed by atoms with Crippen LogP contribution < -0.4 is 4.74 Å². The van der Waals surface area contributed by atoms with Crippen LogP contribution in [0.5, 0.6) is 5.75 Å². The van der Waals surface area contributed by atoms with E-state index in [-0.39, 0.29) is 17.2 Å². The van der Waals surface area contributed by atoms with Gasteiger partial charge in [-0.3, -0.25) is 10.1 Å². The fourth-order valence-electron chi connectivity index (χ4n) is 3.33. The summed E-state index contributed by atoms with van der Waals surface area (Å²) in [4.78, 5) is 10.7. The Bertz CT molecular complexity index is 603. The molecule has 8 nitrogen and oxygen atoms in total. The van der Waals surface area contributed by atoms with Gasteiger partial charge in [0, 0.05) is 40.0 Å². The Morgan fingerprint density at radius 3 is 1.97 bits per heavy atom. The molecule has 0 aromatic heterocycles. The number of rotatable bonds is 18. The van der Waals surface area contributed by atoms with E-state index in [1.165, 1.54) is 31.7 Å². The molecule has 0 saturated heterocycles. The van der Waals surface area contributed by atoms with E-state index in [9.17, 15) is 10.1 Å². The number of unbranched alkanes of at least 4 members (excludes halogenated alkanes) is 7. The van der Waals surface area contributed by atoms with Gasteiger partial charge in [-0.05, 0) is 25.0 Å². The molecule has 0 spiro atoms. The number of benzene rings is 1. The lowest BCUT2D eigenvalue weighted by molar-refractivity contribution is -0.386. The van der Waals surface area contributed by atoms with Crippen LogP contribution in [-0.4, -0.2) is 48.8 Å². The molecular formula is C21H37NO7Si. The molecular weight excluding hydrogens is 406 g/mol. The fraction of sp³-hybridized carbons (Fsp3) is 0.714. The molecule has 172 valence electrons. The summed E-state index contributed by atoms with van der Waals surface area (Å²) >= 11 is 0. The Hall–Kier alpha value is -1.52. The van der Waals surface area contributed by atoms with Crippen LogP contribution in [0.25, 0.3) is 0 Å². The number of nitro groups is 1. The van der Waals surface area contributed by atoms with Crippen LogP contribution in [0.4, 0.5) is 5.69 Å². The highest BCUT2D eigenvalue weighted by Crippen LogP contribution is 2.25. The smallest absolute Gasteiger partial charge is 0.497 e. The second-order valence-corrected chi connectivity index (χ2v) is 10.3. The van der Waals surface area contributed by atoms with E-state index in [4.69, 9.17) is 22.8 Å². The SMILES string of the molecule is COc1ccc([N+](=O)[O-])c(COCCCCCCCCCC[Si](OC)(OC)OC)c1. The van der Waals surface area contributed by atoms with E-state index in [2.05, 4.69) is 0 Å². The van der Waals surface area contributed by atoms with Crippen molar-refractivity contribution in [3.8, 4) is 5.75 Å². The monoisotopic (exact) mass is 443 g/mol. The Labute approximate surface area is 181 Å². The molecule has 0 saturated carbocycles. The van der Waals surface area contributed by atoms with E-state index in [0.717, 1.165) is 31.7 Å². The molecule has 0 heterocycles. The standard InChI is InChI=1S/C21H37NO7Si/c1-25-20-13-14-21(22(23)24)19(17-20)18-29-15-11-9-7-5-6-8-10-12-16-30(26-2,27-3)28-4/h13-14,17H,5-12,15-16,18H2,1-4H3. The van der Waals surface area contributed by atoms with Gasteiger partial charge in [0.15, 0.2) is 0 Å². The molecule has 0 atom stereocenters. The van der Waals surface area contributed by atoms with Gasteiger partial charge < -0.3 is 22.8 Å². The lowest BCUT2D eigenvalue weighted by Crippen LogP contribution is -2.42. The maximum absolute atomic E-state index is 11.1. The number of nitro benzene ring substituents is 1. The summed E-state index contributed by atoms with van der Waals surface area (Å²) in [6.45, 7) is 0.828. The molecule has 0 radical (unpaired) electrons. The van der Waals surface area contributed by atoms with Crippen molar-refractivity contribution in [2.24, 2.45) is 0 Å². The van der Waals surface area contributed by atoms with Crippen LogP contribution in [0.3, 0.4) is 0 Å². The summed E-state index contributed by atoms with van der Waals surface area (Å²) in [5.41, 5.74) is 0.610. The molecule has 1 aromatic rings. The number of hydrogen-bond donors (Lipinski definition) is 0. The van der Waals surface area contributed by atoms with Gasteiger partial charge >= 0.3 is 8.80 Å². The van der Waals surface area contributed by atoms with Gasteiger partial charge in [0.05, 0.1) is 24.2 Å². The van der Waals surface area contributed by atoms with Crippen LogP contribution in [0, 0.1) is 10.1 Å². The Balaban J connectivity index is 2.07. The molecule has 0 aliphatic heterocycles. The van der Waals surface area contributed by atoms with Gasteiger partial charge in [0.1, 0.15) is 5.75 Å². The van der Waals surface area contributed by atoms with Crippen LogP contribution in [-0.2, 0) is 24.6 Å². The maximum atomic E-state index is 11.1. The van der Waals surface area contributed by atoms with Gasteiger partial charge in [-0.15, -0.1) is 0 Å². The van der Waals surface area contributed by atoms with Gasteiger partial charge in [-0.2, -0.15) is 0 Å². The first-order valence-corrected chi connectivity index (χ1v) is 12.5. The second-order valence-electron chi connectivity index (χ2n) is 7.18. The predicted octanol–water partition coefficient (Wildman–Crippen LogP) is 5.12. The molecule has 9 heteroatoms. The van der Waals surface area contributed by atoms with Gasteiger partial charge in [0.25, 0.3) is 5.69 Å². The van der Waals surface area contributed by atoms with Crippen molar-refractivity contribution in [3.05, 3.63) is 33.9 Å². The predicted molar refractivity (Wildman–Crippen MR) is 118 cm³/mol. The Morgan fingerprint density at radius 1 is 0.867 bits per heavy atom. The highest BCUT2D eigenvalue weighted by Gasteiger charge is 2.36. The first-order valence-electron chi connectivity index (χ1n) is 10.6. The third kappa shape index (κ3) is 9.52. The quantitative estimate of drug-likeness (QED) is 0.135. The molecule has 0 N–H and O–H groups in total. The molecule has 0 aliphatic rings. The Kier molecular flexibility index (Phi) is 13.5. The highest BCUT2D eigenvalue weighted by atomic mass is 28.4. The van der Waals surface area contributed by atoms with Crippen molar-refractivity contribution in [1.29, 1.82) is 0 Å². The van der Waals surface area contributed by atoms with E-state index < -0.39 is 8.80 Å². The zero-order chi connectivity index (χ0) is 22.2. The molecule has 30 heavy (non-hydrogen) atoms. The number of ether oxygens (including phenoxy) is 2. The summed E-state index contributed by atoms with van der Waals surface area (Å²) < 4.78 is 27.1. The zero-order valence-electron chi connectivity index (χ0n) is 18.8.